The maximum atomic E-state index is 14.4. The Morgan fingerprint density at radius 3 is 2.10 bits per heavy atom. The number of nitrogens with one attached hydrogen (secondary N) is 1. The summed E-state index contributed by atoms with van der Waals surface area (Å²) in [6, 6.07) is 29.5. The molecule has 0 saturated heterocycles. The smallest absolute Gasteiger partial charge is 0.264 e. The number of nitrogens with zero attached hydrogens (tertiary/aromatic N) is 2. The van der Waals surface area contributed by atoms with Gasteiger partial charge in [-0.25, -0.2) is 8.42 Å². The highest BCUT2D eigenvalue weighted by Gasteiger charge is 2.34. The number of aryl methyl sites for hydroxylation is 1. The first-order chi connectivity index (χ1) is 20.1. The lowest BCUT2D eigenvalue weighted by atomic mass is 10.0. The van der Waals surface area contributed by atoms with Gasteiger partial charge in [-0.15, -0.1) is 0 Å². The minimum absolute atomic E-state index is 0.0735. The minimum Gasteiger partial charge on any atom is -0.357 e. The summed E-state index contributed by atoms with van der Waals surface area (Å²) in [4.78, 5) is 29.3. The van der Waals surface area contributed by atoms with E-state index in [1.165, 1.54) is 24.1 Å². The van der Waals surface area contributed by atoms with Gasteiger partial charge in [0, 0.05) is 24.5 Å². The van der Waals surface area contributed by atoms with E-state index < -0.39 is 28.5 Å². The van der Waals surface area contributed by atoms with Crippen LogP contribution in [0.15, 0.2) is 112 Å². The molecule has 0 aliphatic heterocycles. The van der Waals surface area contributed by atoms with Gasteiger partial charge in [-0.2, -0.15) is 0 Å². The van der Waals surface area contributed by atoms with Crippen LogP contribution in [-0.4, -0.2) is 44.8 Å². The molecular weight excluding hydrogens is 614 g/mol. The molecule has 1 N–H and O–H groups in total. The summed E-state index contributed by atoms with van der Waals surface area (Å²) in [6.07, 6.45) is 0.259. The number of likely N-dealkylation sites (N-methyl/N-ethyl adjacent to an activating group) is 1. The van der Waals surface area contributed by atoms with Gasteiger partial charge in [0.25, 0.3) is 10.0 Å². The molecular formula is C33H34BrN3O4S. The van der Waals surface area contributed by atoms with E-state index in [1.807, 2.05) is 74.5 Å². The molecule has 0 aromatic heterocycles. The molecule has 0 bridgehead atoms. The Balaban J connectivity index is 1.81. The summed E-state index contributed by atoms with van der Waals surface area (Å²) in [7, 11) is -2.60. The van der Waals surface area contributed by atoms with E-state index in [0.29, 0.717) is 5.69 Å². The van der Waals surface area contributed by atoms with Gasteiger partial charge >= 0.3 is 0 Å². The van der Waals surface area contributed by atoms with Crippen LogP contribution in [0.3, 0.4) is 0 Å². The largest absolute Gasteiger partial charge is 0.357 e. The van der Waals surface area contributed by atoms with Crippen molar-refractivity contribution < 1.29 is 18.0 Å². The van der Waals surface area contributed by atoms with Gasteiger partial charge in [0.15, 0.2) is 0 Å². The molecule has 4 aromatic rings. The predicted molar refractivity (Wildman–Crippen MR) is 170 cm³/mol. The summed E-state index contributed by atoms with van der Waals surface area (Å²) in [5.41, 5.74) is 3.72. The van der Waals surface area contributed by atoms with Crippen LogP contribution in [0.5, 0.6) is 0 Å². The molecule has 0 fully saturated rings. The van der Waals surface area contributed by atoms with Gasteiger partial charge in [-0.1, -0.05) is 88.7 Å². The monoisotopic (exact) mass is 647 g/mol. The normalized spacial score (nSPS) is 11.9. The first-order valence-corrected chi connectivity index (χ1v) is 15.8. The summed E-state index contributed by atoms with van der Waals surface area (Å²) >= 11 is 3.49. The molecule has 2 amide bonds. The molecule has 42 heavy (non-hydrogen) atoms. The Morgan fingerprint density at radius 1 is 0.833 bits per heavy atom. The van der Waals surface area contributed by atoms with E-state index in [-0.39, 0.29) is 23.8 Å². The van der Waals surface area contributed by atoms with E-state index in [0.717, 1.165) is 31.0 Å². The fraction of sp³-hybridized carbons (Fsp3) is 0.212. The standard InChI is InChI=1S/C33H34BrN3O4S/c1-24-12-10-19-30(25(24)2)37(42(40,41)29-17-8-5-9-18-29)23-32(38)36(22-27-15-11-16-28(34)20-27)31(33(39)35-3)21-26-13-6-4-7-14-26/h4-20,31H,21-23H2,1-3H3,(H,35,39)/t31-/m0/s1. The molecule has 0 unspecified atom stereocenters. The molecule has 0 radical (unpaired) electrons. The number of hydrogen-bond donors (Lipinski definition) is 1. The van der Waals surface area contributed by atoms with Crippen LogP contribution in [0.1, 0.15) is 22.3 Å². The lowest BCUT2D eigenvalue weighted by Crippen LogP contribution is -2.53. The molecule has 0 aliphatic carbocycles. The first-order valence-electron chi connectivity index (χ1n) is 13.5. The SMILES string of the molecule is CNC(=O)[C@H](Cc1ccccc1)N(Cc1cccc(Br)c1)C(=O)CN(c1cccc(C)c1C)S(=O)(=O)c1ccccc1. The Kier molecular flexibility index (Phi) is 10.2. The highest BCUT2D eigenvalue weighted by molar-refractivity contribution is 9.10. The lowest BCUT2D eigenvalue weighted by molar-refractivity contribution is -0.139. The number of benzene rings is 4. The zero-order valence-electron chi connectivity index (χ0n) is 23.8. The van der Waals surface area contributed by atoms with Crippen LogP contribution in [0.4, 0.5) is 5.69 Å². The zero-order valence-corrected chi connectivity index (χ0v) is 26.2. The van der Waals surface area contributed by atoms with Crippen LogP contribution in [0.2, 0.25) is 0 Å². The zero-order chi connectivity index (χ0) is 30.3. The summed E-state index contributed by atoms with van der Waals surface area (Å²) < 4.78 is 30.1. The van der Waals surface area contributed by atoms with Gasteiger partial charge in [0.1, 0.15) is 12.6 Å². The third-order valence-electron chi connectivity index (χ3n) is 7.21. The van der Waals surface area contributed by atoms with Crippen LogP contribution >= 0.6 is 15.9 Å². The van der Waals surface area contributed by atoms with Crippen LogP contribution in [0.25, 0.3) is 0 Å². The van der Waals surface area contributed by atoms with Crippen LogP contribution in [0, 0.1) is 13.8 Å². The third-order valence-corrected chi connectivity index (χ3v) is 9.48. The second kappa shape index (κ2) is 13.8. The quantitative estimate of drug-likeness (QED) is 0.228. The maximum absolute atomic E-state index is 14.4. The van der Waals surface area contributed by atoms with Crippen molar-refractivity contribution in [3.05, 3.63) is 130 Å². The van der Waals surface area contributed by atoms with Crippen molar-refractivity contribution in [2.24, 2.45) is 0 Å². The number of sulfonamides is 1. The molecule has 4 rings (SSSR count). The van der Waals surface area contributed by atoms with E-state index in [2.05, 4.69) is 21.2 Å². The number of amides is 2. The Morgan fingerprint density at radius 2 is 1.45 bits per heavy atom. The van der Waals surface area contributed by atoms with Gasteiger partial charge in [-0.3, -0.25) is 13.9 Å². The topological polar surface area (TPSA) is 86.8 Å². The van der Waals surface area contributed by atoms with E-state index >= 15 is 0 Å². The van der Waals surface area contributed by atoms with Crippen molar-refractivity contribution >= 4 is 43.5 Å². The van der Waals surface area contributed by atoms with Crippen molar-refractivity contribution in [1.82, 2.24) is 10.2 Å². The Labute approximate surface area is 256 Å². The third kappa shape index (κ3) is 7.27. The molecule has 1 atom stereocenters. The fourth-order valence-corrected chi connectivity index (χ4v) is 6.73. The van der Waals surface area contributed by atoms with E-state index in [9.17, 15) is 18.0 Å². The molecule has 0 heterocycles. The van der Waals surface area contributed by atoms with Crippen molar-refractivity contribution in [2.45, 2.75) is 37.8 Å². The van der Waals surface area contributed by atoms with Crippen molar-refractivity contribution in [2.75, 3.05) is 17.9 Å². The molecule has 4 aromatic carbocycles. The number of carbonyl (C=O) groups is 2. The van der Waals surface area contributed by atoms with Crippen LogP contribution in [-0.2, 0) is 32.6 Å². The van der Waals surface area contributed by atoms with Crippen molar-refractivity contribution in [3.8, 4) is 0 Å². The highest BCUT2D eigenvalue weighted by Crippen LogP contribution is 2.29. The van der Waals surface area contributed by atoms with Gasteiger partial charge < -0.3 is 10.2 Å². The van der Waals surface area contributed by atoms with Crippen molar-refractivity contribution in [3.63, 3.8) is 0 Å². The predicted octanol–water partition coefficient (Wildman–Crippen LogP) is 5.65. The first kappa shape index (κ1) is 31.0. The Hall–Kier alpha value is -3.95. The average Bonchev–Trinajstić information content (AvgIpc) is 2.99. The molecule has 0 saturated carbocycles. The molecule has 218 valence electrons. The van der Waals surface area contributed by atoms with Gasteiger partial charge in [0.05, 0.1) is 10.6 Å². The van der Waals surface area contributed by atoms with E-state index in [1.54, 1.807) is 30.3 Å². The highest BCUT2D eigenvalue weighted by atomic mass is 79.9. The van der Waals surface area contributed by atoms with Crippen molar-refractivity contribution in [1.29, 1.82) is 0 Å². The summed E-state index contributed by atoms with van der Waals surface area (Å²) in [6.45, 7) is 3.35. The minimum atomic E-state index is -4.13. The molecule has 9 heteroatoms. The van der Waals surface area contributed by atoms with E-state index in [4.69, 9.17) is 0 Å². The maximum Gasteiger partial charge on any atom is 0.264 e. The molecule has 0 aliphatic rings. The second-order valence-electron chi connectivity index (χ2n) is 10.0. The lowest BCUT2D eigenvalue weighted by Gasteiger charge is -2.34. The molecule has 0 spiro atoms. The molecule has 7 nitrogen and oxygen atoms in total. The number of hydrogen-bond acceptors (Lipinski definition) is 4. The summed E-state index contributed by atoms with van der Waals surface area (Å²) in [5.74, 6) is -0.841. The van der Waals surface area contributed by atoms with Gasteiger partial charge in [-0.05, 0) is 66.4 Å². The van der Waals surface area contributed by atoms with Gasteiger partial charge in [0.2, 0.25) is 11.8 Å². The number of anilines is 1. The number of halogens is 1. The number of rotatable bonds is 11. The number of carbonyl (C=O) groups excluding carboxylic acids is 2. The fourth-order valence-electron chi connectivity index (χ4n) is 4.79. The average molecular weight is 649 g/mol. The second-order valence-corrected chi connectivity index (χ2v) is 12.8. The van der Waals surface area contributed by atoms with Crippen LogP contribution < -0.4 is 9.62 Å². The Bertz CT molecular complexity index is 1650. The summed E-state index contributed by atoms with van der Waals surface area (Å²) in [5, 5.41) is 2.70.